The quantitative estimate of drug-likeness (QED) is 0.325. The Morgan fingerprint density at radius 2 is 1.87 bits per heavy atom. The Hall–Kier alpha value is -3.25. The van der Waals surface area contributed by atoms with Gasteiger partial charge in [-0.3, -0.25) is 4.79 Å². The van der Waals surface area contributed by atoms with Crippen LogP contribution in [0.25, 0.3) is 16.9 Å². The van der Waals surface area contributed by atoms with Crippen molar-refractivity contribution in [1.82, 2.24) is 34.6 Å². The average Bonchev–Trinajstić information content (AvgIpc) is 3.48. The molecule has 11 nitrogen and oxygen atoms in total. The molecule has 0 saturated carbocycles. The Labute approximate surface area is 230 Å². The van der Waals surface area contributed by atoms with Gasteiger partial charge in [-0.25, -0.2) is 19.0 Å². The van der Waals surface area contributed by atoms with Gasteiger partial charge in [-0.15, -0.1) is 0 Å². The Morgan fingerprint density at radius 1 is 1.15 bits per heavy atom. The van der Waals surface area contributed by atoms with Gasteiger partial charge in [0, 0.05) is 45.6 Å². The number of piperidine rings is 1. The molecule has 1 N–H and O–H groups in total. The second kappa shape index (κ2) is 11.5. The van der Waals surface area contributed by atoms with Gasteiger partial charge < -0.3 is 19.7 Å². The standard InChI is InChI=1S/C27H41N7O4Si/c1-19-14-20(16-33-24(19)28-17-29-33)23-15-22(31-34(23)18-37-12-13-39(5,6)7)25(35)30-21-8-10-32(11-9-21)26(36)38-27(2,3)4/h14-17,21H,8-13,18H2,1-7H3,(H,30,35). The molecule has 1 aliphatic heterocycles. The summed E-state index contributed by atoms with van der Waals surface area (Å²) >= 11 is 0. The maximum atomic E-state index is 13.3. The summed E-state index contributed by atoms with van der Waals surface area (Å²) in [6, 6.07) is 4.81. The van der Waals surface area contributed by atoms with Crippen LogP contribution < -0.4 is 5.32 Å². The molecule has 12 heteroatoms. The molecule has 0 radical (unpaired) electrons. The van der Waals surface area contributed by atoms with Crippen LogP contribution in [0.5, 0.6) is 0 Å². The van der Waals surface area contributed by atoms with E-state index in [1.165, 1.54) is 6.33 Å². The summed E-state index contributed by atoms with van der Waals surface area (Å²) in [4.78, 5) is 31.6. The van der Waals surface area contributed by atoms with Crippen molar-refractivity contribution >= 4 is 25.7 Å². The number of hydrogen-bond donors (Lipinski definition) is 1. The fraction of sp³-hybridized carbons (Fsp3) is 0.593. The first-order valence-electron chi connectivity index (χ1n) is 13.5. The van der Waals surface area contributed by atoms with Gasteiger partial charge >= 0.3 is 6.09 Å². The Bertz CT molecular complexity index is 1310. The lowest BCUT2D eigenvalue weighted by atomic mass is 10.1. The van der Waals surface area contributed by atoms with Gasteiger partial charge in [0.1, 0.15) is 18.7 Å². The van der Waals surface area contributed by atoms with E-state index in [-0.39, 0.29) is 24.8 Å². The summed E-state index contributed by atoms with van der Waals surface area (Å²) in [5.41, 5.74) is 3.19. The van der Waals surface area contributed by atoms with Crippen LogP contribution in [0.1, 0.15) is 49.7 Å². The van der Waals surface area contributed by atoms with Gasteiger partial charge in [0.15, 0.2) is 11.3 Å². The molecule has 1 saturated heterocycles. The van der Waals surface area contributed by atoms with Gasteiger partial charge in [-0.2, -0.15) is 10.2 Å². The van der Waals surface area contributed by atoms with Crippen molar-refractivity contribution in [2.45, 2.75) is 84.6 Å². The van der Waals surface area contributed by atoms with E-state index in [1.54, 1.807) is 20.2 Å². The van der Waals surface area contributed by atoms with Crippen molar-refractivity contribution in [1.29, 1.82) is 0 Å². The summed E-state index contributed by atoms with van der Waals surface area (Å²) in [5.74, 6) is -0.244. The number of hydrogen-bond acceptors (Lipinski definition) is 7. The smallest absolute Gasteiger partial charge is 0.410 e. The van der Waals surface area contributed by atoms with Crippen LogP contribution in [0.15, 0.2) is 24.7 Å². The Morgan fingerprint density at radius 3 is 2.54 bits per heavy atom. The highest BCUT2D eigenvalue weighted by Gasteiger charge is 2.28. The number of likely N-dealkylation sites (tertiary alicyclic amines) is 1. The molecule has 2 amide bonds. The van der Waals surface area contributed by atoms with Crippen LogP contribution in [0.2, 0.25) is 25.7 Å². The molecule has 39 heavy (non-hydrogen) atoms. The van der Waals surface area contributed by atoms with Crippen LogP contribution >= 0.6 is 0 Å². The van der Waals surface area contributed by atoms with Gasteiger partial charge in [0.05, 0.1) is 5.69 Å². The van der Waals surface area contributed by atoms with E-state index in [4.69, 9.17) is 9.47 Å². The van der Waals surface area contributed by atoms with E-state index in [9.17, 15) is 9.59 Å². The highest BCUT2D eigenvalue weighted by Crippen LogP contribution is 2.24. The number of pyridine rings is 1. The average molecular weight is 556 g/mol. The number of carbonyl (C=O) groups excluding carboxylic acids is 2. The maximum Gasteiger partial charge on any atom is 0.410 e. The van der Waals surface area contributed by atoms with Crippen molar-refractivity contribution in [3.63, 3.8) is 0 Å². The number of carbonyl (C=O) groups is 2. The minimum atomic E-state index is -1.23. The Balaban J connectivity index is 1.47. The highest BCUT2D eigenvalue weighted by molar-refractivity contribution is 6.76. The van der Waals surface area contributed by atoms with Crippen LogP contribution in [-0.2, 0) is 16.2 Å². The molecule has 1 fully saturated rings. The van der Waals surface area contributed by atoms with E-state index in [0.717, 1.165) is 28.5 Å². The first-order chi connectivity index (χ1) is 18.3. The molecule has 0 aromatic carbocycles. The topological polar surface area (TPSA) is 116 Å². The largest absolute Gasteiger partial charge is 0.444 e. The van der Waals surface area contributed by atoms with E-state index in [2.05, 4.69) is 40.1 Å². The van der Waals surface area contributed by atoms with Crippen LogP contribution in [0.3, 0.4) is 0 Å². The molecule has 0 spiro atoms. The zero-order valence-electron chi connectivity index (χ0n) is 24.2. The SMILES string of the molecule is Cc1cc(-c2cc(C(=O)NC3CCN(C(=O)OC(C)(C)C)CC3)nn2COCC[Si](C)(C)C)cn2ncnc12. The molecular weight excluding hydrogens is 514 g/mol. The summed E-state index contributed by atoms with van der Waals surface area (Å²) in [7, 11) is -1.23. The Kier molecular flexibility index (Phi) is 8.45. The lowest BCUT2D eigenvalue weighted by Gasteiger charge is -2.33. The molecule has 0 atom stereocenters. The molecular formula is C27H41N7O4Si. The molecule has 0 aliphatic carbocycles. The van der Waals surface area contributed by atoms with Gasteiger partial charge in [-0.1, -0.05) is 19.6 Å². The number of nitrogens with one attached hydrogen (secondary N) is 1. The zero-order chi connectivity index (χ0) is 28.4. The van der Waals surface area contributed by atoms with Crippen LogP contribution in [0.4, 0.5) is 4.79 Å². The highest BCUT2D eigenvalue weighted by atomic mass is 28.3. The molecule has 4 rings (SSSR count). The summed E-state index contributed by atoms with van der Waals surface area (Å²) in [5, 5.41) is 12.0. The molecule has 0 unspecified atom stereocenters. The lowest BCUT2D eigenvalue weighted by molar-refractivity contribution is 0.0199. The predicted molar refractivity (Wildman–Crippen MR) is 151 cm³/mol. The number of fused-ring (bicyclic) bond motifs is 1. The van der Waals surface area contributed by atoms with E-state index < -0.39 is 13.7 Å². The molecule has 1 aliphatic rings. The molecule has 4 heterocycles. The van der Waals surface area contributed by atoms with Crippen molar-refractivity contribution in [2.24, 2.45) is 0 Å². The minimum absolute atomic E-state index is 0.0495. The fourth-order valence-electron chi connectivity index (χ4n) is 4.41. The number of aromatic nitrogens is 5. The third-order valence-corrected chi connectivity index (χ3v) is 8.26. The molecule has 3 aromatic rings. The monoisotopic (exact) mass is 555 g/mol. The van der Waals surface area contributed by atoms with Crippen molar-refractivity contribution in [2.75, 3.05) is 19.7 Å². The minimum Gasteiger partial charge on any atom is -0.444 e. The summed E-state index contributed by atoms with van der Waals surface area (Å²) in [6.07, 6.45) is 4.40. The van der Waals surface area contributed by atoms with Gasteiger partial charge in [-0.05, 0) is 64.3 Å². The van der Waals surface area contributed by atoms with Crippen LogP contribution in [0, 0.1) is 6.92 Å². The fourth-order valence-corrected chi connectivity index (χ4v) is 5.17. The molecule has 3 aromatic heterocycles. The van der Waals surface area contributed by atoms with Crippen molar-refractivity contribution in [3.05, 3.63) is 35.9 Å². The predicted octanol–water partition coefficient (Wildman–Crippen LogP) is 4.34. The number of ether oxygens (including phenoxy) is 2. The van der Waals surface area contributed by atoms with E-state index in [1.807, 2.05) is 40.0 Å². The number of rotatable bonds is 8. The lowest BCUT2D eigenvalue weighted by Crippen LogP contribution is -2.47. The van der Waals surface area contributed by atoms with Crippen molar-refractivity contribution in [3.8, 4) is 11.3 Å². The van der Waals surface area contributed by atoms with E-state index >= 15 is 0 Å². The summed E-state index contributed by atoms with van der Waals surface area (Å²) < 4.78 is 14.9. The van der Waals surface area contributed by atoms with Gasteiger partial charge in [0.2, 0.25) is 0 Å². The zero-order valence-corrected chi connectivity index (χ0v) is 25.2. The number of nitrogens with zero attached hydrogens (tertiary/aromatic N) is 6. The maximum absolute atomic E-state index is 13.3. The summed E-state index contributed by atoms with van der Waals surface area (Å²) in [6.45, 7) is 16.4. The third-order valence-electron chi connectivity index (χ3n) is 6.56. The second-order valence-electron chi connectivity index (χ2n) is 12.4. The normalized spacial score (nSPS) is 15.1. The van der Waals surface area contributed by atoms with Crippen LogP contribution in [-0.4, -0.2) is 80.7 Å². The first-order valence-corrected chi connectivity index (χ1v) is 17.2. The first kappa shape index (κ1) is 28.7. The third kappa shape index (κ3) is 7.66. The number of aryl methyl sites for hydroxylation is 1. The van der Waals surface area contributed by atoms with Gasteiger partial charge in [0.25, 0.3) is 5.91 Å². The second-order valence-corrected chi connectivity index (χ2v) is 18.0. The van der Waals surface area contributed by atoms with E-state index in [0.29, 0.717) is 38.2 Å². The molecule has 0 bridgehead atoms. The van der Waals surface area contributed by atoms with Crippen molar-refractivity contribution < 1.29 is 19.1 Å². The number of amides is 2. The molecule has 212 valence electrons.